The maximum Gasteiger partial charge on any atom is 0.252 e. The minimum Gasteiger partial charge on any atom is -0.493 e. The Morgan fingerprint density at radius 1 is 0.875 bits per heavy atom. The van der Waals surface area contributed by atoms with E-state index >= 15 is 0 Å². The van der Waals surface area contributed by atoms with Gasteiger partial charge in [-0.25, -0.2) is 0 Å². The fraction of sp³-hybridized carbons (Fsp3) is 0.111. The minimum atomic E-state index is -0.370. The Balaban J connectivity index is 1.53. The van der Waals surface area contributed by atoms with Gasteiger partial charge in [-0.15, -0.1) is 0 Å². The van der Waals surface area contributed by atoms with Gasteiger partial charge in [-0.05, 0) is 41.5 Å². The standard InChI is InChI=1S/C27H24N2O3/c1-31-25-18-22(15-16-24(25)32-19-20-10-4-2-5-11-20)27(30)29-26(21-12-6-3-7-13-21)23-14-8-9-17-28-23/h2-18,26H,19H2,1H3,(H,29,30). The van der Waals surface area contributed by atoms with Crippen molar-refractivity contribution in [1.29, 1.82) is 0 Å². The molecule has 1 aromatic heterocycles. The van der Waals surface area contributed by atoms with Crippen LogP contribution in [0.1, 0.15) is 33.2 Å². The van der Waals surface area contributed by atoms with Crippen LogP contribution in [0.5, 0.6) is 11.5 Å². The van der Waals surface area contributed by atoms with Gasteiger partial charge in [0.15, 0.2) is 11.5 Å². The van der Waals surface area contributed by atoms with Crippen molar-refractivity contribution in [3.05, 3.63) is 126 Å². The van der Waals surface area contributed by atoms with E-state index in [1.54, 1.807) is 31.5 Å². The smallest absolute Gasteiger partial charge is 0.252 e. The summed E-state index contributed by atoms with van der Waals surface area (Å²) >= 11 is 0. The summed E-state index contributed by atoms with van der Waals surface area (Å²) in [5, 5.41) is 3.10. The van der Waals surface area contributed by atoms with Crippen LogP contribution >= 0.6 is 0 Å². The van der Waals surface area contributed by atoms with Gasteiger partial charge >= 0.3 is 0 Å². The number of aromatic nitrogens is 1. The lowest BCUT2D eigenvalue weighted by molar-refractivity contribution is 0.0942. The number of methoxy groups -OCH3 is 1. The summed E-state index contributed by atoms with van der Waals surface area (Å²) in [5.41, 5.74) is 3.25. The van der Waals surface area contributed by atoms with Crippen molar-refractivity contribution in [2.45, 2.75) is 12.6 Å². The topological polar surface area (TPSA) is 60.5 Å². The number of hydrogen-bond acceptors (Lipinski definition) is 4. The SMILES string of the molecule is COc1cc(C(=O)NC(c2ccccc2)c2ccccn2)ccc1OCc1ccccc1. The number of ether oxygens (including phenoxy) is 2. The number of carbonyl (C=O) groups excluding carboxylic acids is 1. The average molecular weight is 425 g/mol. The summed E-state index contributed by atoms with van der Waals surface area (Å²) in [6, 6.07) is 30.1. The van der Waals surface area contributed by atoms with Crippen molar-refractivity contribution in [3.63, 3.8) is 0 Å². The highest BCUT2D eigenvalue weighted by molar-refractivity contribution is 5.95. The van der Waals surface area contributed by atoms with Gasteiger partial charge in [0, 0.05) is 11.8 Å². The Morgan fingerprint density at radius 2 is 1.59 bits per heavy atom. The molecule has 0 saturated carbocycles. The normalized spacial score (nSPS) is 11.4. The van der Waals surface area contributed by atoms with E-state index in [0.717, 1.165) is 16.8 Å². The van der Waals surface area contributed by atoms with Crippen LogP contribution in [0.3, 0.4) is 0 Å². The third-order valence-corrected chi connectivity index (χ3v) is 5.05. The number of rotatable bonds is 8. The maximum atomic E-state index is 13.1. The van der Waals surface area contributed by atoms with E-state index in [-0.39, 0.29) is 11.9 Å². The molecule has 0 fully saturated rings. The molecule has 1 heterocycles. The summed E-state index contributed by atoms with van der Waals surface area (Å²) in [6.07, 6.45) is 1.72. The van der Waals surface area contributed by atoms with Gasteiger partial charge in [-0.3, -0.25) is 9.78 Å². The quantitative estimate of drug-likeness (QED) is 0.423. The van der Waals surface area contributed by atoms with Gasteiger partial charge in [0.05, 0.1) is 18.8 Å². The number of nitrogens with one attached hydrogen (secondary N) is 1. The first kappa shape index (κ1) is 21.1. The molecule has 0 bridgehead atoms. The van der Waals surface area contributed by atoms with Gasteiger partial charge in [0.1, 0.15) is 6.61 Å². The molecule has 0 radical (unpaired) electrons. The average Bonchev–Trinajstić information content (AvgIpc) is 2.87. The largest absolute Gasteiger partial charge is 0.493 e. The Hall–Kier alpha value is -4.12. The first-order valence-electron chi connectivity index (χ1n) is 10.4. The Morgan fingerprint density at radius 3 is 2.28 bits per heavy atom. The molecule has 160 valence electrons. The van der Waals surface area contributed by atoms with Crippen molar-refractivity contribution in [3.8, 4) is 11.5 Å². The van der Waals surface area contributed by atoms with Crippen LogP contribution in [0.4, 0.5) is 0 Å². The predicted molar refractivity (Wildman–Crippen MR) is 124 cm³/mol. The first-order chi connectivity index (χ1) is 15.7. The highest BCUT2D eigenvalue weighted by Gasteiger charge is 2.20. The van der Waals surface area contributed by atoms with Crippen LogP contribution in [0.2, 0.25) is 0 Å². The Kier molecular flexibility index (Phi) is 6.78. The molecule has 0 aliphatic rings. The predicted octanol–water partition coefficient (Wildman–Crippen LogP) is 5.19. The van der Waals surface area contributed by atoms with Crippen LogP contribution < -0.4 is 14.8 Å². The second kappa shape index (κ2) is 10.3. The second-order valence-electron chi connectivity index (χ2n) is 7.21. The number of amides is 1. The van der Waals surface area contributed by atoms with Crippen LogP contribution in [0, 0.1) is 0 Å². The molecule has 0 spiro atoms. The van der Waals surface area contributed by atoms with Crippen LogP contribution in [-0.4, -0.2) is 18.0 Å². The number of benzene rings is 3. The Bertz CT molecular complexity index is 1110. The van der Waals surface area contributed by atoms with Gasteiger partial charge in [-0.2, -0.15) is 0 Å². The fourth-order valence-corrected chi connectivity index (χ4v) is 3.40. The van der Waals surface area contributed by atoms with Crippen molar-refractivity contribution in [1.82, 2.24) is 10.3 Å². The van der Waals surface area contributed by atoms with Gasteiger partial charge in [0.25, 0.3) is 5.91 Å². The molecule has 0 aliphatic heterocycles. The summed E-state index contributed by atoms with van der Waals surface area (Å²) in [6.45, 7) is 0.415. The molecule has 1 unspecified atom stereocenters. The van der Waals surface area contributed by atoms with E-state index < -0.39 is 0 Å². The monoisotopic (exact) mass is 424 g/mol. The number of carbonyl (C=O) groups is 1. The van der Waals surface area contributed by atoms with Gasteiger partial charge in [0.2, 0.25) is 0 Å². The van der Waals surface area contributed by atoms with E-state index in [0.29, 0.717) is 23.7 Å². The molecule has 1 N–H and O–H groups in total. The molecule has 4 rings (SSSR count). The molecule has 4 aromatic rings. The zero-order valence-electron chi connectivity index (χ0n) is 17.8. The van der Waals surface area contributed by atoms with Gasteiger partial charge in [-0.1, -0.05) is 66.7 Å². The lowest BCUT2D eigenvalue weighted by Gasteiger charge is -2.19. The molecule has 0 saturated heterocycles. The van der Waals surface area contributed by atoms with Crippen molar-refractivity contribution >= 4 is 5.91 Å². The molecular weight excluding hydrogens is 400 g/mol. The summed E-state index contributed by atoms with van der Waals surface area (Å²) in [4.78, 5) is 17.6. The molecule has 5 nitrogen and oxygen atoms in total. The zero-order chi connectivity index (χ0) is 22.2. The minimum absolute atomic E-state index is 0.225. The highest BCUT2D eigenvalue weighted by Crippen LogP contribution is 2.29. The van der Waals surface area contributed by atoms with E-state index in [2.05, 4.69) is 10.3 Å². The zero-order valence-corrected chi connectivity index (χ0v) is 17.8. The van der Waals surface area contributed by atoms with E-state index in [4.69, 9.17) is 9.47 Å². The summed E-state index contributed by atoms with van der Waals surface area (Å²) < 4.78 is 11.4. The number of nitrogens with zero attached hydrogens (tertiary/aromatic N) is 1. The number of pyridine rings is 1. The molecular formula is C27H24N2O3. The summed E-state index contributed by atoms with van der Waals surface area (Å²) in [5.74, 6) is 0.859. The third-order valence-electron chi connectivity index (χ3n) is 5.05. The van der Waals surface area contributed by atoms with Crippen molar-refractivity contribution < 1.29 is 14.3 Å². The molecule has 1 atom stereocenters. The Labute approximate surface area is 187 Å². The lowest BCUT2D eigenvalue weighted by Crippen LogP contribution is -2.29. The molecule has 3 aromatic carbocycles. The van der Waals surface area contributed by atoms with E-state index in [1.807, 2.05) is 78.9 Å². The van der Waals surface area contributed by atoms with Crippen molar-refractivity contribution in [2.24, 2.45) is 0 Å². The van der Waals surface area contributed by atoms with Crippen molar-refractivity contribution in [2.75, 3.05) is 7.11 Å². The highest BCUT2D eigenvalue weighted by atomic mass is 16.5. The second-order valence-corrected chi connectivity index (χ2v) is 7.21. The first-order valence-corrected chi connectivity index (χ1v) is 10.4. The van der Waals surface area contributed by atoms with E-state index in [1.165, 1.54) is 0 Å². The third kappa shape index (κ3) is 5.13. The van der Waals surface area contributed by atoms with Gasteiger partial charge < -0.3 is 14.8 Å². The van der Waals surface area contributed by atoms with Crippen LogP contribution in [0.25, 0.3) is 0 Å². The molecule has 5 heteroatoms. The van der Waals surface area contributed by atoms with E-state index in [9.17, 15) is 4.79 Å². The lowest BCUT2D eigenvalue weighted by atomic mass is 10.0. The molecule has 32 heavy (non-hydrogen) atoms. The van der Waals surface area contributed by atoms with Crippen LogP contribution in [0.15, 0.2) is 103 Å². The molecule has 0 aliphatic carbocycles. The molecule has 1 amide bonds. The van der Waals surface area contributed by atoms with Crippen LogP contribution in [-0.2, 0) is 6.61 Å². The summed E-state index contributed by atoms with van der Waals surface area (Å²) in [7, 11) is 1.56. The number of hydrogen-bond donors (Lipinski definition) is 1. The maximum absolute atomic E-state index is 13.1. The fourth-order valence-electron chi connectivity index (χ4n) is 3.40.